The van der Waals surface area contributed by atoms with Gasteiger partial charge in [-0.05, 0) is 66.7 Å². The predicted molar refractivity (Wildman–Crippen MR) is 131 cm³/mol. The van der Waals surface area contributed by atoms with Crippen molar-refractivity contribution in [3.8, 4) is 11.4 Å². The normalized spacial score (nSPS) is 11.4. The highest BCUT2D eigenvalue weighted by atomic mass is 19.4. The van der Waals surface area contributed by atoms with Crippen LogP contribution in [-0.4, -0.2) is 32.9 Å². The molecule has 0 fully saturated rings. The van der Waals surface area contributed by atoms with Gasteiger partial charge in [-0.1, -0.05) is 0 Å². The van der Waals surface area contributed by atoms with Crippen molar-refractivity contribution in [2.75, 3.05) is 17.3 Å². The average molecular weight is 488 g/mol. The van der Waals surface area contributed by atoms with Crippen molar-refractivity contribution in [2.24, 2.45) is 0 Å². The van der Waals surface area contributed by atoms with Crippen LogP contribution in [0, 0.1) is 0 Å². The van der Waals surface area contributed by atoms with Gasteiger partial charge in [-0.25, -0.2) is 9.97 Å². The summed E-state index contributed by atoms with van der Waals surface area (Å²) in [5.41, 5.74) is 2.83. The Kier molecular flexibility index (Phi) is 5.85. The quantitative estimate of drug-likeness (QED) is 0.314. The first-order valence-corrected chi connectivity index (χ1v) is 10.9. The van der Waals surface area contributed by atoms with Gasteiger partial charge in [-0.2, -0.15) is 13.2 Å². The molecule has 1 amide bonds. The van der Waals surface area contributed by atoms with Crippen LogP contribution in [0.1, 0.15) is 15.9 Å². The molecule has 0 radical (unpaired) electrons. The zero-order valence-corrected chi connectivity index (χ0v) is 18.9. The SMILES string of the molecule is CN(c1ccncc1)c1ncccc1-c1nc2ccc(NC(=O)c3ccc(C(F)(F)F)cc3)cc2[nH]1. The number of nitrogens with zero attached hydrogens (tertiary/aromatic N) is 4. The minimum absolute atomic E-state index is 0.118. The lowest BCUT2D eigenvalue weighted by Crippen LogP contribution is -2.12. The van der Waals surface area contributed by atoms with Crippen molar-refractivity contribution < 1.29 is 18.0 Å². The van der Waals surface area contributed by atoms with Gasteiger partial charge >= 0.3 is 6.18 Å². The summed E-state index contributed by atoms with van der Waals surface area (Å²) in [4.78, 5) is 31.0. The molecule has 0 aliphatic heterocycles. The molecular formula is C26H19F3N6O. The molecule has 3 heterocycles. The van der Waals surface area contributed by atoms with Crippen LogP contribution >= 0.6 is 0 Å². The Morgan fingerprint density at radius 3 is 2.44 bits per heavy atom. The Bertz CT molecular complexity index is 1530. The summed E-state index contributed by atoms with van der Waals surface area (Å²) in [5.74, 6) is 0.773. The number of benzene rings is 2. The molecular weight excluding hydrogens is 469 g/mol. The third-order valence-corrected chi connectivity index (χ3v) is 5.62. The van der Waals surface area contributed by atoms with Crippen molar-refractivity contribution in [3.63, 3.8) is 0 Å². The monoisotopic (exact) mass is 488 g/mol. The van der Waals surface area contributed by atoms with Crippen molar-refractivity contribution in [1.82, 2.24) is 19.9 Å². The molecule has 0 saturated carbocycles. The number of rotatable bonds is 5. The summed E-state index contributed by atoms with van der Waals surface area (Å²) >= 11 is 0. The van der Waals surface area contributed by atoms with Crippen molar-refractivity contribution in [1.29, 1.82) is 0 Å². The molecule has 0 atom stereocenters. The average Bonchev–Trinajstić information content (AvgIpc) is 3.32. The van der Waals surface area contributed by atoms with E-state index in [-0.39, 0.29) is 5.56 Å². The maximum absolute atomic E-state index is 12.8. The maximum atomic E-state index is 12.8. The fraction of sp³-hybridized carbons (Fsp3) is 0.0769. The number of H-pyrrole nitrogens is 1. The van der Waals surface area contributed by atoms with E-state index in [2.05, 4.69) is 25.3 Å². The fourth-order valence-corrected chi connectivity index (χ4v) is 3.77. The molecule has 3 aromatic heterocycles. The van der Waals surface area contributed by atoms with Gasteiger partial charge in [0.1, 0.15) is 11.6 Å². The van der Waals surface area contributed by atoms with Crippen molar-refractivity contribution in [3.05, 3.63) is 96.4 Å². The van der Waals surface area contributed by atoms with E-state index < -0.39 is 17.6 Å². The van der Waals surface area contributed by atoms with E-state index >= 15 is 0 Å². The van der Waals surface area contributed by atoms with Crippen LogP contribution in [0.5, 0.6) is 0 Å². The van der Waals surface area contributed by atoms with Crippen LogP contribution in [-0.2, 0) is 6.18 Å². The topological polar surface area (TPSA) is 86.8 Å². The van der Waals surface area contributed by atoms with E-state index in [1.54, 1.807) is 36.8 Å². The number of aromatic amines is 1. The number of hydrogen-bond acceptors (Lipinski definition) is 5. The molecule has 0 bridgehead atoms. The summed E-state index contributed by atoms with van der Waals surface area (Å²) in [6, 6.07) is 16.7. The van der Waals surface area contributed by atoms with Crippen molar-refractivity contribution in [2.45, 2.75) is 6.18 Å². The van der Waals surface area contributed by atoms with Gasteiger partial charge in [0.05, 0.1) is 22.2 Å². The lowest BCUT2D eigenvalue weighted by molar-refractivity contribution is -0.137. The first kappa shape index (κ1) is 23.0. The molecule has 0 aliphatic rings. The summed E-state index contributed by atoms with van der Waals surface area (Å²) in [5, 5.41) is 2.71. The molecule has 0 saturated heterocycles. The molecule has 180 valence electrons. The van der Waals surface area contributed by atoms with Gasteiger partial charge in [-0.3, -0.25) is 9.78 Å². The number of hydrogen-bond donors (Lipinski definition) is 2. The van der Waals surface area contributed by atoms with Gasteiger partial charge in [-0.15, -0.1) is 0 Å². The van der Waals surface area contributed by atoms with Gasteiger partial charge < -0.3 is 15.2 Å². The van der Waals surface area contributed by atoms with E-state index in [9.17, 15) is 18.0 Å². The Morgan fingerprint density at radius 2 is 1.72 bits per heavy atom. The van der Waals surface area contributed by atoms with E-state index in [1.807, 2.05) is 36.2 Å². The van der Waals surface area contributed by atoms with Crippen LogP contribution < -0.4 is 10.2 Å². The molecule has 0 aliphatic carbocycles. The Balaban J connectivity index is 1.40. The van der Waals surface area contributed by atoms with E-state index in [0.717, 1.165) is 35.5 Å². The first-order valence-electron chi connectivity index (χ1n) is 10.9. The summed E-state index contributed by atoms with van der Waals surface area (Å²) in [6.45, 7) is 0. The van der Waals surface area contributed by atoms with E-state index in [1.165, 1.54) is 0 Å². The highest BCUT2D eigenvalue weighted by Gasteiger charge is 2.30. The highest BCUT2D eigenvalue weighted by Crippen LogP contribution is 2.32. The number of anilines is 3. The Labute approximate surface area is 203 Å². The van der Waals surface area contributed by atoms with Gasteiger partial charge in [0.25, 0.3) is 5.91 Å². The number of carbonyl (C=O) groups excluding carboxylic acids is 1. The Hall–Kier alpha value is -4.73. The zero-order valence-electron chi connectivity index (χ0n) is 18.9. The Morgan fingerprint density at radius 1 is 0.972 bits per heavy atom. The van der Waals surface area contributed by atoms with Gasteiger partial charge in [0.15, 0.2) is 0 Å². The highest BCUT2D eigenvalue weighted by molar-refractivity contribution is 6.05. The summed E-state index contributed by atoms with van der Waals surface area (Å²) in [6.07, 6.45) is 0.653. The summed E-state index contributed by atoms with van der Waals surface area (Å²) in [7, 11) is 1.90. The number of pyridine rings is 2. The number of imidazole rings is 1. The van der Waals surface area contributed by atoms with Crippen LogP contribution in [0.25, 0.3) is 22.4 Å². The smallest absolute Gasteiger partial charge is 0.338 e. The van der Waals surface area contributed by atoms with E-state index in [0.29, 0.717) is 28.4 Å². The number of alkyl halides is 3. The number of fused-ring (bicyclic) bond motifs is 1. The summed E-state index contributed by atoms with van der Waals surface area (Å²) < 4.78 is 38.3. The number of nitrogens with one attached hydrogen (secondary N) is 2. The largest absolute Gasteiger partial charge is 0.416 e. The molecule has 5 rings (SSSR count). The number of aromatic nitrogens is 4. The lowest BCUT2D eigenvalue weighted by atomic mass is 10.1. The standard InChI is InChI=1S/C26H19F3N6O/c1-35(19-10-13-30-14-11-19)24-20(3-2-12-31-24)23-33-21-9-8-18(15-22(21)34-23)32-25(36)16-4-6-17(7-5-16)26(27,28)29/h2-15H,1H3,(H,32,36)(H,33,34). The van der Waals surface area contributed by atoms with Gasteiger partial charge in [0, 0.05) is 42.6 Å². The van der Waals surface area contributed by atoms with Gasteiger partial charge in [0.2, 0.25) is 0 Å². The second-order valence-electron chi connectivity index (χ2n) is 7.99. The second-order valence-corrected chi connectivity index (χ2v) is 7.99. The first-order chi connectivity index (χ1) is 17.3. The molecule has 7 nitrogen and oxygen atoms in total. The number of carbonyl (C=O) groups is 1. The second kappa shape index (κ2) is 9.14. The zero-order chi connectivity index (χ0) is 25.3. The number of amides is 1. The van der Waals surface area contributed by atoms with Crippen molar-refractivity contribution >= 4 is 34.1 Å². The van der Waals surface area contributed by atoms with E-state index in [4.69, 9.17) is 0 Å². The lowest BCUT2D eigenvalue weighted by Gasteiger charge is -2.20. The molecule has 0 unspecified atom stereocenters. The minimum atomic E-state index is -4.46. The predicted octanol–water partition coefficient (Wildman–Crippen LogP) is 6.06. The molecule has 2 N–H and O–H groups in total. The van der Waals surface area contributed by atoms with Crippen LogP contribution in [0.3, 0.4) is 0 Å². The minimum Gasteiger partial charge on any atom is -0.338 e. The van der Waals surface area contributed by atoms with Crippen LogP contribution in [0.2, 0.25) is 0 Å². The third-order valence-electron chi connectivity index (χ3n) is 5.62. The number of halogens is 3. The molecule has 5 aromatic rings. The molecule has 2 aromatic carbocycles. The van der Waals surface area contributed by atoms with Crippen LogP contribution in [0.4, 0.5) is 30.4 Å². The fourth-order valence-electron chi connectivity index (χ4n) is 3.77. The maximum Gasteiger partial charge on any atom is 0.416 e. The molecule has 36 heavy (non-hydrogen) atoms. The molecule has 0 spiro atoms. The third kappa shape index (κ3) is 4.61. The molecule has 10 heteroatoms. The van der Waals surface area contributed by atoms with Crippen LogP contribution in [0.15, 0.2) is 85.3 Å².